The minimum absolute atomic E-state index is 0.0209. The topological polar surface area (TPSA) is 54.3 Å². The Morgan fingerprint density at radius 2 is 2.00 bits per heavy atom. The number of amides is 1. The first-order valence-electron chi connectivity index (χ1n) is 7.02. The Morgan fingerprint density at radius 1 is 1.25 bits per heavy atom. The second-order valence-corrected chi connectivity index (χ2v) is 5.77. The van der Waals surface area contributed by atoms with E-state index < -0.39 is 11.7 Å². The highest BCUT2D eigenvalue weighted by Gasteiger charge is 2.33. The number of hydrogen-bond donors (Lipinski definition) is 0. The first kappa shape index (κ1) is 16.6. The zero-order valence-electron chi connectivity index (χ0n) is 12.6. The van der Waals surface area contributed by atoms with Gasteiger partial charge < -0.3 is 9.80 Å². The molecule has 1 aliphatic rings. The van der Waals surface area contributed by atoms with Crippen molar-refractivity contribution in [2.24, 2.45) is 7.05 Å². The molecule has 3 rings (SSSR count). The fourth-order valence-electron chi connectivity index (χ4n) is 2.49. The number of nitrogens with zero attached hydrogens (tertiary/aromatic N) is 5. The fourth-order valence-corrected chi connectivity index (χ4v) is 2.78. The smallest absolute Gasteiger partial charge is 0.344 e. The van der Waals surface area contributed by atoms with E-state index in [1.54, 1.807) is 33.9 Å². The normalized spacial score (nSPS) is 16.0. The van der Waals surface area contributed by atoms with Gasteiger partial charge in [-0.15, -0.1) is 0 Å². The number of alkyl halides is 3. The van der Waals surface area contributed by atoms with Gasteiger partial charge >= 0.3 is 6.18 Å². The summed E-state index contributed by atoms with van der Waals surface area (Å²) >= 11 is 5.93. The lowest BCUT2D eigenvalue weighted by molar-refractivity contribution is -0.137. The molecular weight excluding hydrogens is 347 g/mol. The molecule has 0 bridgehead atoms. The van der Waals surface area contributed by atoms with Crippen LogP contribution in [0.15, 0.2) is 24.7 Å². The Bertz CT molecular complexity index is 776. The van der Waals surface area contributed by atoms with Crippen LogP contribution < -0.4 is 9.80 Å². The van der Waals surface area contributed by atoms with E-state index in [4.69, 9.17) is 11.6 Å². The molecule has 0 spiro atoms. The number of hydrogen-bond acceptors (Lipinski definition) is 4. The van der Waals surface area contributed by atoms with Gasteiger partial charge in [-0.2, -0.15) is 18.3 Å². The standard InChI is InChI=1S/C14H13ClF3N5O/c1-21-7-10(6-20-21)23-3-2-22(8-12(23)24)13-11(15)4-9(5-19-13)14(16,17)18/h4-7H,2-3,8H2,1H3. The lowest BCUT2D eigenvalue weighted by Crippen LogP contribution is -2.51. The maximum Gasteiger partial charge on any atom is 0.417 e. The van der Waals surface area contributed by atoms with Gasteiger partial charge in [0.15, 0.2) is 0 Å². The molecule has 1 amide bonds. The quantitative estimate of drug-likeness (QED) is 0.826. The van der Waals surface area contributed by atoms with Gasteiger partial charge in [0.2, 0.25) is 5.91 Å². The van der Waals surface area contributed by atoms with Crippen molar-refractivity contribution in [1.82, 2.24) is 14.8 Å². The number of piperazine rings is 1. The molecule has 0 radical (unpaired) electrons. The molecule has 3 heterocycles. The fraction of sp³-hybridized carbons (Fsp3) is 0.357. The number of rotatable bonds is 2. The van der Waals surface area contributed by atoms with Crippen LogP contribution in [0.5, 0.6) is 0 Å². The molecule has 0 N–H and O–H groups in total. The van der Waals surface area contributed by atoms with Gasteiger partial charge in [0.05, 0.1) is 29.0 Å². The van der Waals surface area contributed by atoms with Gasteiger partial charge in [-0.25, -0.2) is 4.98 Å². The van der Waals surface area contributed by atoms with Crippen molar-refractivity contribution in [3.8, 4) is 0 Å². The van der Waals surface area contributed by atoms with Gasteiger partial charge in [0.25, 0.3) is 0 Å². The average molecular weight is 360 g/mol. The zero-order chi connectivity index (χ0) is 17.5. The van der Waals surface area contributed by atoms with E-state index in [1.807, 2.05) is 0 Å². The molecular formula is C14H13ClF3N5O. The van der Waals surface area contributed by atoms with E-state index in [0.717, 1.165) is 12.3 Å². The first-order chi connectivity index (χ1) is 11.3. The summed E-state index contributed by atoms with van der Waals surface area (Å²) in [5, 5.41) is 3.89. The molecule has 128 valence electrons. The summed E-state index contributed by atoms with van der Waals surface area (Å²) in [7, 11) is 1.75. The van der Waals surface area contributed by atoms with E-state index in [2.05, 4.69) is 10.1 Å². The van der Waals surface area contributed by atoms with Gasteiger partial charge in [-0.05, 0) is 6.07 Å². The second kappa shape index (κ2) is 5.97. The molecule has 0 unspecified atom stereocenters. The first-order valence-corrected chi connectivity index (χ1v) is 7.40. The van der Waals surface area contributed by atoms with E-state index in [1.165, 1.54) is 0 Å². The van der Waals surface area contributed by atoms with E-state index >= 15 is 0 Å². The summed E-state index contributed by atoms with van der Waals surface area (Å²) in [4.78, 5) is 19.3. The van der Waals surface area contributed by atoms with E-state index in [-0.39, 0.29) is 23.3 Å². The van der Waals surface area contributed by atoms with Crippen LogP contribution in [0.3, 0.4) is 0 Å². The SMILES string of the molecule is Cn1cc(N2CCN(c3ncc(C(F)(F)F)cc3Cl)CC2=O)cn1. The third-order valence-electron chi connectivity index (χ3n) is 3.67. The van der Waals surface area contributed by atoms with Crippen molar-refractivity contribution >= 4 is 29.0 Å². The van der Waals surface area contributed by atoms with Gasteiger partial charge in [-0.3, -0.25) is 9.48 Å². The maximum atomic E-state index is 12.7. The number of aryl methyl sites for hydroxylation is 1. The van der Waals surface area contributed by atoms with Crippen LogP contribution in [0.25, 0.3) is 0 Å². The molecule has 24 heavy (non-hydrogen) atoms. The number of halogens is 4. The van der Waals surface area contributed by atoms with Crippen molar-refractivity contribution < 1.29 is 18.0 Å². The summed E-state index contributed by atoms with van der Waals surface area (Å²) in [5.74, 6) is -0.0316. The maximum absolute atomic E-state index is 12.7. The van der Waals surface area contributed by atoms with Crippen LogP contribution in [0.4, 0.5) is 24.7 Å². The van der Waals surface area contributed by atoms with E-state index in [0.29, 0.717) is 18.8 Å². The summed E-state index contributed by atoms with van der Waals surface area (Å²) < 4.78 is 39.6. The molecule has 0 aliphatic carbocycles. The molecule has 1 aliphatic heterocycles. The summed E-state index contributed by atoms with van der Waals surface area (Å²) in [6.45, 7) is 0.745. The van der Waals surface area contributed by atoms with Crippen LogP contribution in [0, 0.1) is 0 Å². The lowest BCUT2D eigenvalue weighted by atomic mass is 10.2. The van der Waals surface area contributed by atoms with Crippen LogP contribution in [0.2, 0.25) is 5.02 Å². The number of carbonyl (C=O) groups excluding carboxylic acids is 1. The molecule has 2 aromatic heterocycles. The van der Waals surface area contributed by atoms with Gasteiger partial charge in [0.1, 0.15) is 5.82 Å². The minimum atomic E-state index is -4.51. The van der Waals surface area contributed by atoms with Crippen LogP contribution >= 0.6 is 11.6 Å². The summed E-state index contributed by atoms with van der Waals surface area (Å²) in [5.41, 5.74) is -0.245. The third kappa shape index (κ3) is 3.16. The number of pyridine rings is 1. The molecule has 0 aromatic carbocycles. The predicted octanol–water partition coefficient (Wildman–Crippen LogP) is 2.34. The highest BCUT2D eigenvalue weighted by Crippen LogP contribution is 2.34. The van der Waals surface area contributed by atoms with Crippen molar-refractivity contribution in [2.45, 2.75) is 6.18 Å². The monoisotopic (exact) mass is 359 g/mol. The number of anilines is 2. The molecule has 0 saturated carbocycles. The molecule has 10 heteroatoms. The molecule has 1 fully saturated rings. The van der Waals surface area contributed by atoms with Crippen molar-refractivity contribution in [3.63, 3.8) is 0 Å². The van der Waals surface area contributed by atoms with Crippen molar-refractivity contribution in [1.29, 1.82) is 0 Å². The van der Waals surface area contributed by atoms with Crippen LogP contribution in [-0.4, -0.2) is 40.3 Å². The van der Waals surface area contributed by atoms with Gasteiger partial charge in [0, 0.05) is 32.5 Å². The molecule has 6 nitrogen and oxygen atoms in total. The largest absolute Gasteiger partial charge is 0.417 e. The van der Waals surface area contributed by atoms with Gasteiger partial charge in [-0.1, -0.05) is 11.6 Å². The molecule has 2 aromatic rings. The molecule has 0 atom stereocenters. The number of aromatic nitrogens is 3. The van der Waals surface area contributed by atoms with Crippen LogP contribution in [0.1, 0.15) is 5.56 Å². The average Bonchev–Trinajstić information content (AvgIpc) is 2.92. The number of carbonyl (C=O) groups is 1. The van der Waals surface area contributed by atoms with Crippen LogP contribution in [-0.2, 0) is 18.0 Å². The van der Waals surface area contributed by atoms with E-state index in [9.17, 15) is 18.0 Å². The second-order valence-electron chi connectivity index (χ2n) is 5.37. The minimum Gasteiger partial charge on any atom is -0.344 e. The van der Waals surface area contributed by atoms with Crippen molar-refractivity contribution in [2.75, 3.05) is 29.4 Å². The Hall–Kier alpha value is -2.29. The highest BCUT2D eigenvalue weighted by molar-refractivity contribution is 6.33. The Balaban J connectivity index is 1.77. The Labute approximate surface area is 140 Å². The Kier molecular flexibility index (Phi) is 4.12. The summed E-state index contributed by atoms with van der Waals surface area (Å²) in [6, 6.07) is 0.821. The Morgan fingerprint density at radius 3 is 2.54 bits per heavy atom. The zero-order valence-corrected chi connectivity index (χ0v) is 13.3. The lowest BCUT2D eigenvalue weighted by Gasteiger charge is -2.34. The third-order valence-corrected chi connectivity index (χ3v) is 3.95. The van der Waals surface area contributed by atoms with Crippen molar-refractivity contribution in [3.05, 3.63) is 35.2 Å². The molecule has 1 saturated heterocycles. The summed E-state index contributed by atoms with van der Waals surface area (Å²) in [6.07, 6.45) is -0.489. The predicted molar refractivity (Wildman–Crippen MR) is 82.0 cm³/mol. The highest BCUT2D eigenvalue weighted by atomic mass is 35.5.